The fourth-order valence-corrected chi connectivity index (χ4v) is 3.97. The Bertz CT molecular complexity index is 1300. The van der Waals surface area contributed by atoms with Crippen molar-refractivity contribution in [3.63, 3.8) is 0 Å². The molecular formula is C25H25NO5. The lowest BCUT2D eigenvalue weighted by molar-refractivity contribution is -0.121. The molecule has 0 saturated heterocycles. The molecule has 1 N–H and O–H groups in total. The first-order chi connectivity index (χ1) is 15.0. The largest absolute Gasteiger partial charge is 0.461 e. The summed E-state index contributed by atoms with van der Waals surface area (Å²) in [6, 6.07) is 13.9. The van der Waals surface area contributed by atoms with Crippen LogP contribution in [0.1, 0.15) is 23.3 Å². The number of carbonyl (C=O) groups excluding carboxylic acids is 1. The zero-order chi connectivity index (χ0) is 22.0. The molecule has 0 fully saturated rings. The lowest BCUT2D eigenvalue weighted by Crippen LogP contribution is -2.27. The molecule has 0 spiro atoms. The number of fused-ring (bicyclic) bond motifs is 2. The molecule has 0 bridgehead atoms. The van der Waals surface area contributed by atoms with Gasteiger partial charge in [0.25, 0.3) is 0 Å². The van der Waals surface area contributed by atoms with Crippen molar-refractivity contribution in [2.45, 2.75) is 26.7 Å². The van der Waals surface area contributed by atoms with E-state index in [2.05, 4.69) is 5.32 Å². The minimum absolute atomic E-state index is 0.122. The molecule has 0 aliphatic heterocycles. The second kappa shape index (κ2) is 8.78. The zero-order valence-electron chi connectivity index (χ0n) is 17.9. The Balaban J connectivity index is 1.74. The summed E-state index contributed by atoms with van der Waals surface area (Å²) in [7, 11) is 1.58. The van der Waals surface area contributed by atoms with E-state index in [-0.39, 0.29) is 12.3 Å². The Labute approximate surface area is 179 Å². The van der Waals surface area contributed by atoms with Crippen LogP contribution in [0.4, 0.5) is 0 Å². The number of aryl methyl sites for hydroxylation is 2. The number of hydrogen-bond acceptors (Lipinski definition) is 5. The molecule has 2 heterocycles. The molecule has 0 aliphatic rings. The van der Waals surface area contributed by atoms with E-state index >= 15 is 0 Å². The molecule has 0 saturated carbocycles. The highest BCUT2D eigenvalue weighted by atomic mass is 16.5. The first-order valence-corrected chi connectivity index (χ1v) is 10.3. The number of amides is 1. The molecule has 2 aromatic carbocycles. The average Bonchev–Trinajstić information content (AvgIpc) is 3.07. The molecule has 0 aliphatic carbocycles. The fraction of sp³-hybridized carbons (Fsp3) is 0.280. The van der Waals surface area contributed by atoms with Gasteiger partial charge in [-0.05, 0) is 37.5 Å². The van der Waals surface area contributed by atoms with E-state index in [9.17, 15) is 9.59 Å². The van der Waals surface area contributed by atoms with Gasteiger partial charge in [0.2, 0.25) is 5.91 Å². The van der Waals surface area contributed by atoms with Crippen LogP contribution in [0.15, 0.2) is 56.1 Å². The third-order valence-electron chi connectivity index (χ3n) is 5.56. The van der Waals surface area contributed by atoms with Gasteiger partial charge in [-0.2, -0.15) is 0 Å². The summed E-state index contributed by atoms with van der Waals surface area (Å²) in [4.78, 5) is 24.7. The van der Waals surface area contributed by atoms with Gasteiger partial charge in [0.05, 0.1) is 6.61 Å². The van der Waals surface area contributed by atoms with Crippen LogP contribution in [0.25, 0.3) is 33.1 Å². The quantitative estimate of drug-likeness (QED) is 0.352. The monoisotopic (exact) mass is 419 g/mol. The van der Waals surface area contributed by atoms with Crippen molar-refractivity contribution >= 4 is 27.8 Å². The SMILES string of the molecule is COCCNC(=O)CCc1c(C)c2cc3c(-c4ccccc4)c(C)oc3cc2oc1=O. The van der Waals surface area contributed by atoms with E-state index in [0.717, 1.165) is 33.2 Å². The smallest absolute Gasteiger partial charge is 0.339 e. The highest BCUT2D eigenvalue weighted by molar-refractivity contribution is 6.03. The lowest BCUT2D eigenvalue weighted by atomic mass is 9.98. The standard InChI is InChI=1S/C25H25NO5/c1-15-18(9-10-23(27)26-11-12-29-3)25(28)31-21-14-22-20(13-19(15)21)24(16(2)30-22)17-7-5-4-6-8-17/h4-8,13-14H,9-12H2,1-3H3,(H,26,27). The van der Waals surface area contributed by atoms with Crippen LogP contribution in [-0.4, -0.2) is 26.2 Å². The maximum Gasteiger partial charge on any atom is 0.339 e. The molecule has 1 amide bonds. The van der Waals surface area contributed by atoms with Crippen molar-refractivity contribution in [1.82, 2.24) is 5.32 Å². The van der Waals surface area contributed by atoms with Crippen LogP contribution in [0.5, 0.6) is 0 Å². The van der Waals surface area contributed by atoms with Crippen molar-refractivity contribution in [3.05, 3.63) is 69.8 Å². The van der Waals surface area contributed by atoms with Gasteiger partial charge >= 0.3 is 5.63 Å². The van der Waals surface area contributed by atoms with E-state index in [0.29, 0.717) is 36.3 Å². The molecular weight excluding hydrogens is 394 g/mol. The van der Waals surface area contributed by atoms with Crippen molar-refractivity contribution in [1.29, 1.82) is 0 Å². The molecule has 0 unspecified atom stereocenters. The number of nitrogens with one attached hydrogen (secondary N) is 1. The molecule has 6 heteroatoms. The summed E-state index contributed by atoms with van der Waals surface area (Å²) in [6.45, 7) is 4.73. The van der Waals surface area contributed by atoms with Gasteiger partial charge in [0.15, 0.2) is 0 Å². The van der Waals surface area contributed by atoms with Crippen LogP contribution >= 0.6 is 0 Å². The summed E-state index contributed by atoms with van der Waals surface area (Å²) >= 11 is 0. The molecule has 0 atom stereocenters. The van der Waals surface area contributed by atoms with E-state index in [4.69, 9.17) is 13.6 Å². The average molecular weight is 419 g/mol. The van der Waals surface area contributed by atoms with E-state index in [1.54, 1.807) is 13.2 Å². The third-order valence-corrected chi connectivity index (χ3v) is 5.56. The van der Waals surface area contributed by atoms with Gasteiger partial charge in [-0.1, -0.05) is 30.3 Å². The summed E-state index contributed by atoms with van der Waals surface area (Å²) in [5.41, 5.74) is 4.20. The highest BCUT2D eigenvalue weighted by Gasteiger charge is 2.18. The number of methoxy groups -OCH3 is 1. The molecule has 4 rings (SSSR count). The van der Waals surface area contributed by atoms with Gasteiger partial charge in [-0.15, -0.1) is 0 Å². The van der Waals surface area contributed by atoms with Gasteiger partial charge in [0, 0.05) is 48.0 Å². The number of hydrogen-bond donors (Lipinski definition) is 1. The van der Waals surface area contributed by atoms with Gasteiger partial charge in [0.1, 0.15) is 16.9 Å². The summed E-state index contributed by atoms with van der Waals surface area (Å²) in [6.07, 6.45) is 0.528. The van der Waals surface area contributed by atoms with Crippen molar-refractivity contribution in [2.24, 2.45) is 0 Å². The molecule has 4 aromatic rings. The van der Waals surface area contributed by atoms with Crippen LogP contribution in [0.3, 0.4) is 0 Å². The predicted octanol–water partition coefficient (Wildman–Crippen LogP) is 4.52. The topological polar surface area (TPSA) is 81.7 Å². The van der Waals surface area contributed by atoms with Crippen LogP contribution < -0.4 is 10.9 Å². The second-order valence-electron chi connectivity index (χ2n) is 7.58. The van der Waals surface area contributed by atoms with Crippen LogP contribution in [0.2, 0.25) is 0 Å². The van der Waals surface area contributed by atoms with Crippen LogP contribution in [-0.2, 0) is 16.0 Å². The molecule has 0 radical (unpaired) electrons. The fourth-order valence-electron chi connectivity index (χ4n) is 3.97. The Morgan fingerprint density at radius 2 is 1.77 bits per heavy atom. The number of furan rings is 1. The molecule has 31 heavy (non-hydrogen) atoms. The maximum absolute atomic E-state index is 12.6. The first kappa shape index (κ1) is 20.9. The summed E-state index contributed by atoms with van der Waals surface area (Å²) < 4.78 is 16.5. The number of ether oxygens (including phenoxy) is 1. The van der Waals surface area contributed by atoms with E-state index < -0.39 is 5.63 Å². The zero-order valence-corrected chi connectivity index (χ0v) is 17.9. The van der Waals surface area contributed by atoms with Gasteiger partial charge < -0.3 is 18.9 Å². The second-order valence-corrected chi connectivity index (χ2v) is 7.58. The molecule has 2 aromatic heterocycles. The minimum atomic E-state index is -0.416. The van der Waals surface area contributed by atoms with Gasteiger partial charge in [-0.3, -0.25) is 4.79 Å². The normalized spacial score (nSPS) is 11.3. The van der Waals surface area contributed by atoms with E-state index in [1.165, 1.54) is 0 Å². The third kappa shape index (κ3) is 4.11. The predicted molar refractivity (Wildman–Crippen MR) is 120 cm³/mol. The number of rotatable bonds is 7. The van der Waals surface area contributed by atoms with Crippen LogP contribution in [0, 0.1) is 13.8 Å². The van der Waals surface area contributed by atoms with Gasteiger partial charge in [-0.25, -0.2) is 4.79 Å². The Morgan fingerprint density at radius 3 is 2.52 bits per heavy atom. The van der Waals surface area contributed by atoms with Crippen molar-refractivity contribution in [2.75, 3.05) is 20.3 Å². The van der Waals surface area contributed by atoms with E-state index in [1.807, 2.05) is 50.2 Å². The summed E-state index contributed by atoms with van der Waals surface area (Å²) in [5, 5.41) is 4.59. The molecule has 160 valence electrons. The summed E-state index contributed by atoms with van der Waals surface area (Å²) in [5.74, 6) is 0.688. The highest BCUT2D eigenvalue weighted by Crippen LogP contribution is 2.37. The molecule has 6 nitrogen and oxygen atoms in total. The Hall–Kier alpha value is -3.38. The number of carbonyl (C=O) groups is 1. The first-order valence-electron chi connectivity index (χ1n) is 10.3. The number of benzene rings is 2. The lowest BCUT2D eigenvalue weighted by Gasteiger charge is -2.09. The Morgan fingerprint density at radius 1 is 1.03 bits per heavy atom. The maximum atomic E-state index is 12.6. The minimum Gasteiger partial charge on any atom is -0.461 e. The Kier molecular flexibility index (Phi) is 5.91. The van der Waals surface area contributed by atoms with Crippen molar-refractivity contribution in [3.8, 4) is 11.1 Å². The van der Waals surface area contributed by atoms with Crippen molar-refractivity contribution < 1.29 is 18.4 Å².